The van der Waals surface area contributed by atoms with Crippen LogP contribution in [0.15, 0.2) is 29.8 Å². The van der Waals surface area contributed by atoms with Crippen LogP contribution in [0.4, 0.5) is 0 Å². The number of carbonyl (C=O) groups excluding carboxylic acids is 1. The summed E-state index contributed by atoms with van der Waals surface area (Å²) in [7, 11) is 1.54. The van der Waals surface area contributed by atoms with Crippen molar-refractivity contribution < 1.29 is 14.3 Å². The van der Waals surface area contributed by atoms with Crippen molar-refractivity contribution in [2.24, 2.45) is 0 Å². The summed E-state index contributed by atoms with van der Waals surface area (Å²) in [4.78, 5) is 24.9. The number of piperidine rings is 1. The number of rotatable bonds is 5. The van der Waals surface area contributed by atoms with Crippen LogP contribution in [0, 0.1) is 0 Å². The predicted molar refractivity (Wildman–Crippen MR) is 103 cm³/mol. The highest BCUT2D eigenvalue weighted by Crippen LogP contribution is 2.44. The number of hydrogen-bond acceptors (Lipinski definition) is 6. The van der Waals surface area contributed by atoms with Gasteiger partial charge in [0.2, 0.25) is 11.8 Å². The molecule has 1 aliphatic heterocycles. The maximum Gasteiger partial charge on any atom is 0.319 e. The topological polar surface area (TPSA) is 64.6 Å². The van der Waals surface area contributed by atoms with E-state index in [1.165, 1.54) is 12.0 Å². The molecule has 1 saturated heterocycles. The SMILES string of the molecule is COc1nccc(OC2CCN(C(=O)C3(c4cccs4)CCCC3)CC2)n1. The number of hydrogen-bond donors (Lipinski definition) is 0. The summed E-state index contributed by atoms with van der Waals surface area (Å²) in [6.07, 6.45) is 7.56. The van der Waals surface area contributed by atoms with Gasteiger partial charge in [-0.1, -0.05) is 18.9 Å². The Hall–Kier alpha value is -2.15. The van der Waals surface area contributed by atoms with E-state index in [2.05, 4.69) is 27.5 Å². The highest BCUT2D eigenvalue weighted by molar-refractivity contribution is 7.10. The van der Waals surface area contributed by atoms with Gasteiger partial charge in [0, 0.05) is 43.1 Å². The van der Waals surface area contributed by atoms with Crippen LogP contribution in [0.3, 0.4) is 0 Å². The lowest BCUT2D eigenvalue weighted by Gasteiger charge is -2.38. The standard InChI is InChI=1S/C20H25N3O3S/c1-25-19-21-11-6-17(22-19)26-15-7-12-23(13-8-15)18(24)20(9-2-3-10-20)16-5-4-14-27-16/h4-6,11,14-15H,2-3,7-10,12-13H2,1H3. The van der Waals surface area contributed by atoms with Crippen LogP contribution in [0.1, 0.15) is 43.4 Å². The largest absolute Gasteiger partial charge is 0.474 e. The number of amides is 1. The molecule has 0 aromatic carbocycles. The zero-order valence-electron chi connectivity index (χ0n) is 15.6. The number of thiophene rings is 1. The summed E-state index contributed by atoms with van der Waals surface area (Å²) in [5.41, 5.74) is -0.290. The average Bonchev–Trinajstić information content (AvgIpc) is 3.41. The molecule has 6 nitrogen and oxygen atoms in total. The third-order valence-corrected chi connectivity index (χ3v) is 6.74. The first-order chi connectivity index (χ1) is 13.2. The van der Waals surface area contributed by atoms with Crippen LogP contribution in [-0.2, 0) is 10.2 Å². The second kappa shape index (κ2) is 7.84. The molecule has 0 spiro atoms. The second-order valence-corrected chi connectivity index (χ2v) is 8.21. The third-order valence-electron chi connectivity index (χ3n) is 5.67. The van der Waals surface area contributed by atoms with Crippen LogP contribution in [-0.4, -0.2) is 47.1 Å². The van der Waals surface area contributed by atoms with Crippen molar-refractivity contribution in [2.75, 3.05) is 20.2 Å². The van der Waals surface area contributed by atoms with Crippen molar-refractivity contribution >= 4 is 17.2 Å². The Kier molecular flexibility index (Phi) is 5.29. The molecule has 27 heavy (non-hydrogen) atoms. The summed E-state index contributed by atoms with van der Waals surface area (Å²) in [5.74, 6) is 0.835. The maximum absolute atomic E-state index is 13.4. The van der Waals surface area contributed by atoms with Gasteiger partial charge in [0.15, 0.2) is 0 Å². The molecule has 2 aliphatic rings. The van der Waals surface area contributed by atoms with Crippen molar-refractivity contribution in [3.63, 3.8) is 0 Å². The fourth-order valence-electron chi connectivity index (χ4n) is 4.23. The molecule has 7 heteroatoms. The van der Waals surface area contributed by atoms with Crippen LogP contribution in [0.5, 0.6) is 11.9 Å². The molecular formula is C20H25N3O3S. The number of aromatic nitrogens is 2. The molecule has 3 heterocycles. The Labute approximate surface area is 163 Å². The van der Waals surface area contributed by atoms with Gasteiger partial charge in [0.05, 0.1) is 12.5 Å². The Bertz CT molecular complexity index is 767. The first kappa shape index (κ1) is 18.2. The molecule has 0 atom stereocenters. The number of methoxy groups -OCH3 is 1. The number of ether oxygens (including phenoxy) is 2. The fourth-order valence-corrected chi connectivity index (χ4v) is 5.21. The molecule has 2 aromatic heterocycles. The highest BCUT2D eigenvalue weighted by Gasteiger charge is 2.46. The lowest BCUT2D eigenvalue weighted by Crippen LogP contribution is -2.49. The van der Waals surface area contributed by atoms with E-state index in [9.17, 15) is 4.79 Å². The normalized spacial score (nSPS) is 19.8. The highest BCUT2D eigenvalue weighted by atomic mass is 32.1. The number of likely N-dealkylation sites (tertiary alicyclic amines) is 1. The van der Waals surface area contributed by atoms with E-state index in [1.54, 1.807) is 23.6 Å². The van der Waals surface area contributed by atoms with Gasteiger partial charge in [-0.2, -0.15) is 4.98 Å². The van der Waals surface area contributed by atoms with Crippen LogP contribution < -0.4 is 9.47 Å². The van der Waals surface area contributed by atoms with Gasteiger partial charge >= 0.3 is 6.01 Å². The minimum atomic E-state index is -0.290. The summed E-state index contributed by atoms with van der Waals surface area (Å²) < 4.78 is 11.0. The minimum absolute atomic E-state index is 0.0647. The van der Waals surface area contributed by atoms with E-state index < -0.39 is 0 Å². The molecular weight excluding hydrogens is 362 g/mol. The summed E-state index contributed by atoms with van der Waals surface area (Å²) in [6.45, 7) is 1.47. The molecule has 1 aliphatic carbocycles. The maximum atomic E-state index is 13.4. The minimum Gasteiger partial charge on any atom is -0.474 e. The summed E-state index contributed by atoms with van der Waals surface area (Å²) in [5, 5.41) is 2.08. The van der Waals surface area contributed by atoms with Crippen molar-refractivity contribution in [3.05, 3.63) is 34.7 Å². The van der Waals surface area contributed by atoms with Crippen molar-refractivity contribution in [2.45, 2.75) is 50.0 Å². The second-order valence-electron chi connectivity index (χ2n) is 7.26. The van der Waals surface area contributed by atoms with E-state index in [1.807, 2.05) is 4.90 Å². The summed E-state index contributed by atoms with van der Waals surface area (Å²) >= 11 is 1.72. The Morgan fingerprint density at radius 3 is 2.70 bits per heavy atom. The van der Waals surface area contributed by atoms with Crippen molar-refractivity contribution in [3.8, 4) is 11.9 Å². The van der Waals surface area contributed by atoms with Gasteiger partial charge in [-0.15, -0.1) is 11.3 Å². The van der Waals surface area contributed by atoms with E-state index in [-0.39, 0.29) is 11.5 Å². The lowest BCUT2D eigenvalue weighted by molar-refractivity contribution is -0.139. The van der Waals surface area contributed by atoms with E-state index >= 15 is 0 Å². The Morgan fingerprint density at radius 1 is 1.26 bits per heavy atom. The van der Waals surface area contributed by atoms with Crippen LogP contribution in [0.2, 0.25) is 0 Å². The van der Waals surface area contributed by atoms with Gasteiger partial charge in [0.1, 0.15) is 6.10 Å². The van der Waals surface area contributed by atoms with Crippen LogP contribution >= 0.6 is 11.3 Å². The molecule has 4 rings (SSSR count). The quantitative estimate of drug-likeness (QED) is 0.786. The van der Waals surface area contributed by atoms with E-state index in [4.69, 9.17) is 9.47 Å². The monoisotopic (exact) mass is 387 g/mol. The molecule has 1 saturated carbocycles. The zero-order chi connectivity index (χ0) is 18.7. The molecule has 2 fully saturated rings. The smallest absolute Gasteiger partial charge is 0.319 e. The van der Waals surface area contributed by atoms with E-state index in [0.29, 0.717) is 17.8 Å². The summed E-state index contributed by atoms with van der Waals surface area (Å²) in [6, 6.07) is 6.24. The van der Waals surface area contributed by atoms with Crippen molar-refractivity contribution in [1.82, 2.24) is 14.9 Å². The Balaban J connectivity index is 1.39. The first-order valence-corrected chi connectivity index (χ1v) is 10.5. The van der Waals surface area contributed by atoms with Gasteiger partial charge in [-0.25, -0.2) is 4.98 Å². The van der Waals surface area contributed by atoms with Crippen LogP contribution in [0.25, 0.3) is 0 Å². The molecule has 1 amide bonds. The number of carbonyl (C=O) groups is 1. The fraction of sp³-hybridized carbons (Fsp3) is 0.550. The van der Waals surface area contributed by atoms with Gasteiger partial charge < -0.3 is 14.4 Å². The van der Waals surface area contributed by atoms with Gasteiger partial charge in [0.25, 0.3) is 0 Å². The predicted octanol–water partition coefficient (Wildman–Crippen LogP) is 3.43. The van der Waals surface area contributed by atoms with Crippen molar-refractivity contribution in [1.29, 1.82) is 0 Å². The lowest BCUT2D eigenvalue weighted by atomic mass is 9.82. The molecule has 0 bridgehead atoms. The third kappa shape index (κ3) is 3.65. The molecule has 0 N–H and O–H groups in total. The zero-order valence-corrected chi connectivity index (χ0v) is 16.4. The molecule has 0 unspecified atom stereocenters. The number of nitrogens with zero attached hydrogens (tertiary/aromatic N) is 3. The van der Waals surface area contributed by atoms with Gasteiger partial charge in [-0.05, 0) is 24.3 Å². The molecule has 0 radical (unpaired) electrons. The average molecular weight is 388 g/mol. The van der Waals surface area contributed by atoms with Gasteiger partial charge in [-0.3, -0.25) is 4.79 Å². The molecule has 2 aromatic rings. The van der Waals surface area contributed by atoms with E-state index in [0.717, 1.165) is 51.6 Å². The Morgan fingerprint density at radius 2 is 2.04 bits per heavy atom. The molecule has 144 valence electrons. The first-order valence-electron chi connectivity index (χ1n) is 9.58.